The molecule has 0 heterocycles. The van der Waals surface area contributed by atoms with Crippen molar-refractivity contribution in [1.82, 2.24) is 0 Å². The molecule has 13 heteroatoms. The van der Waals surface area contributed by atoms with E-state index in [0.717, 1.165) is 42.6 Å². The van der Waals surface area contributed by atoms with Crippen molar-refractivity contribution >= 4 is 22.1 Å². The second-order valence-corrected chi connectivity index (χ2v) is 11.2. The third-order valence-electron chi connectivity index (χ3n) is 6.22. The molecular weight excluding hydrogens is 601 g/mol. The summed E-state index contributed by atoms with van der Waals surface area (Å²) >= 11 is 0. The van der Waals surface area contributed by atoms with E-state index in [1.165, 1.54) is 0 Å². The number of nitriles is 1. The van der Waals surface area contributed by atoms with E-state index in [1.54, 1.807) is 12.1 Å². The van der Waals surface area contributed by atoms with Crippen LogP contribution in [0.5, 0.6) is 5.75 Å². The fraction of sp³-hybridized carbons (Fsp3) is 0.516. The minimum Gasteiger partial charge on any atom is -0.747 e. The molecule has 0 aromatic heterocycles. The number of unbranched alkanes of at least 4 members (excludes halogenated alkanes) is 4. The number of carbonyl (C=O) groups is 2. The Morgan fingerprint density at radius 3 is 1.93 bits per heavy atom. The van der Waals surface area contributed by atoms with Crippen LogP contribution in [0.25, 0.3) is 11.1 Å². The summed E-state index contributed by atoms with van der Waals surface area (Å²) in [6.07, 6.45) is 3.75. The van der Waals surface area contributed by atoms with Gasteiger partial charge in [-0.2, -0.15) is 5.26 Å². The number of nitrogens with zero attached hydrogens (tertiary/aromatic N) is 1. The van der Waals surface area contributed by atoms with Crippen molar-refractivity contribution in [2.45, 2.75) is 57.1 Å². The van der Waals surface area contributed by atoms with Crippen molar-refractivity contribution in [2.24, 2.45) is 0 Å². The Morgan fingerprint density at radius 1 is 0.773 bits per heavy atom. The predicted molar refractivity (Wildman–Crippen MR) is 157 cm³/mol. The summed E-state index contributed by atoms with van der Waals surface area (Å²) in [6.45, 7) is 3.75. The average Bonchev–Trinajstić information content (AvgIpc) is 3.00. The molecule has 0 aliphatic rings. The summed E-state index contributed by atoms with van der Waals surface area (Å²) in [5, 5.41) is 6.75. The minimum atomic E-state index is -5.11. The molecule has 0 aliphatic carbocycles. The van der Waals surface area contributed by atoms with Crippen LogP contribution < -0.4 is 34.3 Å². The Labute approximate surface area is 282 Å². The van der Waals surface area contributed by atoms with Gasteiger partial charge in [0, 0.05) is 6.61 Å². The molecule has 236 valence electrons. The van der Waals surface area contributed by atoms with Gasteiger partial charge in [0.15, 0.2) is 5.25 Å². The Bertz CT molecular complexity index is 1250. The summed E-state index contributed by atoms with van der Waals surface area (Å²) in [6, 6.07) is 17.1. The third kappa shape index (κ3) is 16.5. The van der Waals surface area contributed by atoms with E-state index in [4.69, 9.17) is 28.9 Å². The molecule has 2 aromatic carbocycles. The zero-order valence-electron chi connectivity index (χ0n) is 25.5. The van der Waals surface area contributed by atoms with Gasteiger partial charge >= 0.3 is 41.5 Å². The molecular formula is C31H40NNaO10S. The Balaban J connectivity index is 0.00000968. The Morgan fingerprint density at radius 2 is 1.34 bits per heavy atom. The summed E-state index contributed by atoms with van der Waals surface area (Å²) in [7, 11) is -5.11. The first-order chi connectivity index (χ1) is 20.7. The summed E-state index contributed by atoms with van der Waals surface area (Å²) in [5.41, 5.74) is 2.63. The van der Waals surface area contributed by atoms with Crippen LogP contribution in [0.3, 0.4) is 0 Å². The molecule has 0 fully saturated rings. The second kappa shape index (κ2) is 22.9. The first-order valence-corrected chi connectivity index (χ1v) is 15.9. The van der Waals surface area contributed by atoms with E-state index in [2.05, 4.69) is 13.0 Å². The second-order valence-electron chi connectivity index (χ2n) is 9.63. The van der Waals surface area contributed by atoms with Crippen LogP contribution in [-0.2, 0) is 38.7 Å². The normalized spacial score (nSPS) is 11.6. The maximum atomic E-state index is 12.2. The summed E-state index contributed by atoms with van der Waals surface area (Å²) in [4.78, 5) is 24.2. The van der Waals surface area contributed by atoms with E-state index in [9.17, 15) is 22.6 Å². The maximum Gasteiger partial charge on any atom is 1.00 e. The molecule has 0 N–H and O–H groups in total. The predicted octanol–water partition coefficient (Wildman–Crippen LogP) is 1.39. The van der Waals surface area contributed by atoms with Crippen molar-refractivity contribution < 1.29 is 75.8 Å². The van der Waals surface area contributed by atoms with Gasteiger partial charge in [-0.1, -0.05) is 37.6 Å². The molecule has 1 atom stereocenters. The van der Waals surface area contributed by atoms with Crippen molar-refractivity contribution in [3.63, 3.8) is 0 Å². The van der Waals surface area contributed by atoms with E-state index < -0.39 is 33.7 Å². The van der Waals surface area contributed by atoms with E-state index in [-0.39, 0.29) is 49.4 Å². The van der Waals surface area contributed by atoms with Gasteiger partial charge in [0.05, 0.1) is 51.1 Å². The quantitative estimate of drug-likeness (QED) is 0.0791. The molecule has 0 radical (unpaired) electrons. The average molecular weight is 642 g/mol. The number of ether oxygens (including phenoxy) is 5. The van der Waals surface area contributed by atoms with E-state index >= 15 is 0 Å². The van der Waals surface area contributed by atoms with Gasteiger partial charge in [0.25, 0.3) is 0 Å². The van der Waals surface area contributed by atoms with Crippen LogP contribution in [0.4, 0.5) is 0 Å². The number of hydrogen-bond acceptors (Lipinski definition) is 11. The molecule has 0 aliphatic heterocycles. The molecule has 2 rings (SSSR count). The number of hydrogen-bond donors (Lipinski definition) is 0. The molecule has 0 spiro atoms. The molecule has 0 saturated heterocycles. The standard InChI is InChI=1S/C31H41NO10S.Na/c1-2-3-16-38-19-20-39-21-22-41-30(33)23-29(43(35,36)37)31(34)42-18-7-5-4-6-17-40-28-14-12-27(13-15-28)26-10-8-25(24-32)9-11-26;/h8-15,29H,2-7,16-23H2,1H3,(H,35,36,37);/q;+1/p-1. The molecule has 11 nitrogen and oxygen atoms in total. The maximum absolute atomic E-state index is 12.2. The van der Waals surface area contributed by atoms with Crippen LogP contribution in [0.15, 0.2) is 48.5 Å². The van der Waals surface area contributed by atoms with Crippen LogP contribution in [-0.4, -0.2) is 76.4 Å². The van der Waals surface area contributed by atoms with Crippen molar-refractivity contribution in [3.05, 3.63) is 54.1 Å². The van der Waals surface area contributed by atoms with Crippen LogP contribution in [0.2, 0.25) is 0 Å². The number of esters is 2. The molecule has 2 aromatic rings. The van der Waals surface area contributed by atoms with Crippen molar-refractivity contribution in [2.75, 3.05) is 46.2 Å². The fourth-order valence-corrected chi connectivity index (χ4v) is 4.43. The number of benzene rings is 2. The SMILES string of the molecule is CCCCOCCOCCOC(=O)CC(C(=O)OCCCCCCOc1ccc(-c2ccc(C#N)cc2)cc1)S(=O)(=O)[O-].[Na+]. The summed E-state index contributed by atoms with van der Waals surface area (Å²) < 4.78 is 60.8. The van der Waals surface area contributed by atoms with Gasteiger partial charge in [-0.15, -0.1) is 0 Å². The van der Waals surface area contributed by atoms with Gasteiger partial charge in [0.2, 0.25) is 0 Å². The molecule has 0 amide bonds. The molecule has 0 saturated carbocycles. The van der Waals surface area contributed by atoms with Gasteiger partial charge in [-0.3, -0.25) is 9.59 Å². The zero-order valence-corrected chi connectivity index (χ0v) is 28.4. The van der Waals surface area contributed by atoms with E-state index in [1.807, 2.05) is 36.4 Å². The molecule has 1 unspecified atom stereocenters. The van der Waals surface area contributed by atoms with Gasteiger partial charge in [0.1, 0.15) is 22.5 Å². The largest absolute Gasteiger partial charge is 1.00 e. The third-order valence-corrected chi connectivity index (χ3v) is 7.28. The number of rotatable bonds is 22. The Kier molecular flexibility index (Phi) is 20.6. The van der Waals surface area contributed by atoms with Crippen LogP contribution in [0.1, 0.15) is 57.4 Å². The first kappa shape index (κ1) is 39.5. The first-order valence-electron chi connectivity index (χ1n) is 14.4. The van der Waals surface area contributed by atoms with Gasteiger partial charge in [-0.05, 0) is 67.5 Å². The zero-order chi connectivity index (χ0) is 31.3. The monoisotopic (exact) mass is 641 g/mol. The van der Waals surface area contributed by atoms with Crippen molar-refractivity contribution in [3.8, 4) is 22.9 Å². The van der Waals surface area contributed by atoms with Crippen LogP contribution in [0, 0.1) is 11.3 Å². The van der Waals surface area contributed by atoms with Crippen LogP contribution >= 0.6 is 0 Å². The van der Waals surface area contributed by atoms with Gasteiger partial charge in [-0.25, -0.2) is 8.42 Å². The smallest absolute Gasteiger partial charge is 0.747 e. The minimum absolute atomic E-state index is 0. The van der Waals surface area contributed by atoms with Gasteiger partial charge < -0.3 is 28.2 Å². The molecule has 44 heavy (non-hydrogen) atoms. The van der Waals surface area contributed by atoms with E-state index in [0.29, 0.717) is 44.8 Å². The topological polar surface area (TPSA) is 161 Å². The summed E-state index contributed by atoms with van der Waals surface area (Å²) in [5.74, 6) is -1.54. The Hall–Kier alpha value is -2.50. The molecule has 0 bridgehead atoms. The number of carbonyl (C=O) groups excluding carboxylic acids is 2. The fourth-order valence-electron chi connectivity index (χ4n) is 3.79. The van der Waals surface area contributed by atoms with Crippen molar-refractivity contribution in [1.29, 1.82) is 5.26 Å².